The van der Waals surface area contributed by atoms with Crippen molar-refractivity contribution in [3.63, 3.8) is 0 Å². The van der Waals surface area contributed by atoms with Crippen LogP contribution < -0.4 is 10.4 Å². The number of benzene rings is 2. The smallest absolute Gasteiger partial charge is 0.261 e. The van der Waals surface area contributed by atoms with Crippen LogP contribution in [0.5, 0.6) is 0 Å². The lowest BCUT2D eigenvalue weighted by Crippen LogP contribution is -2.68. The highest BCUT2D eigenvalue weighted by atomic mass is 28.4. The molecule has 3 fully saturated rings. The van der Waals surface area contributed by atoms with E-state index < -0.39 is 8.32 Å². The topological polar surface area (TPSA) is 9.23 Å². The van der Waals surface area contributed by atoms with Gasteiger partial charge in [-0.2, -0.15) is 0 Å². The predicted molar refractivity (Wildman–Crippen MR) is 103 cm³/mol. The van der Waals surface area contributed by atoms with Crippen molar-refractivity contribution in [2.24, 2.45) is 11.3 Å². The van der Waals surface area contributed by atoms with E-state index in [9.17, 15) is 0 Å². The van der Waals surface area contributed by atoms with Crippen molar-refractivity contribution >= 4 is 18.7 Å². The summed E-state index contributed by atoms with van der Waals surface area (Å²) in [6.07, 6.45) is 4.18. The fourth-order valence-corrected chi connectivity index (χ4v) is 9.54. The molecule has 3 aliphatic rings. The lowest BCUT2D eigenvalue weighted by Gasteiger charge is -2.63. The third-order valence-electron chi connectivity index (χ3n) is 6.18. The van der Waals surface area contributed by atoms with E-state index in [1.165, 1.54) is 29.6 Å². The highest BCUT2D eigenvalue weighted by Gasteiger charge is 2.59. The summed E-state index contributed by atoms with van der Waals surface area (Å²) >= 11 is 0. The van der Waals surface area contributed by atoms with Crippen molar-refractivity contribution in [1.29, 1.82) is 0 Å². The second kappa shape index (κ2) is 5.57. The second-order valence-corrected chi connectivity index (χ2v) is 13.2. The van der Waals surface area contributed by atoms with Crippen LogP contribution in [0.15, 0.2) is 60.7 Å². The molecule has 0 heterocycles. The molecule has 5 rings (SSSR count). The van der Waals surface area contributed by atoms with Crippen LogP contribution in [0.25, 0.3) is 0 Å². The number of hydrogen-bond acceptors (Lipinski definition) is 1. The molecule has 2 aromatic rings. The highest BCUT2D eigenvalue weighted by molar-refractivity contribution is 6.99. The fraction of sp³-hybridized carbons (Fsp3) is 0.455. The van der Waals surface area contributed by atoms with Gasteiger partial charge in [-0.3, -0.25) is 0 Å². The van der Waals surface area contributed by atoms with E-state index in [1.807, 2.05) is 0 Å². The summed E-state index contributed by atoms with van der Waals surface area (Å²) in [5.41, 5.74) is 0.512. The molecule has 2 heteroatoms. The summed E-state index contributed by atoms with van der Waals surface area (Å²) in [5.74, 6) is 1.01. The lowest BCUT2D eigenvalue weighted by molar-refractivity contribution is -0.133. The molecule has 0 N–H and O–H groups in total. The first-order valence-corrected chi connectivity index (χ1v) is 11.1. The van der Waals surface area contributed by atoms with Gasteiger partial charge in [0.15, 0.2) is 0 Å². The molecular weight excluding hydrogens is 308 g/mol. The molecule has 3 aliphatic carbocycles. The highest BCUT2D eigenvalue weighted by Crippen LogP contribution is 2.64. The summed E-state index contributed by atoms with van der Waals surface area (Å²) in [6.45, 7) is 8.03. The van der Waals surface area contributed by atoms with Crippen molar-refractivity contribution in [2.75, 3.05) is 6.61 Å². The second-order valence-electron chi connectivity index (χ2n) is 8.93. The van der Waals surface area contributed by atoms with Gasteiger partial charge in [0.05, 0.1) is 0 Å². The normalized spacial score (nSPS) is 25.7. The van der Waals surface area contributed by atoms with Gasteiger partial charge in [0, 0.05) is 6.61 Å². The SMILES string of the molecule is CC(C)(C)[Si](OCC12CC(C1)C2)(c1ccccc1)c1ccccc1. The first kappa shape index (κ1) is 16.1. The minimum Gasteiger partial charge on any atom is -0.407 e. The van der Waals surface area contributed by atoms with E-state index >= 15 is 0 Å². The Morgan fingerprint density at radius 1 is 0.875 bits per heavy atom. The van der Waals surface area contributed by atoms with Gasteiger partial charge in [0.2, 0.25) is 0 Å². The van der Waals surface area contributed by atoms with Crippen LogP contribution in [0, 0.1) is 11.3 Å². The fourth-order valence-electron chi connectivity index (χ4n) is 4.86. The van der Waals surface area contributed by atoms with Crippen LogP contribution in [-0.4, -0.2) is 14.9 Å². The molecule has 0 aromatic heterocycles. The zero-order valence-electron chi connectivity index (χ0n) is 15.1. The van der Waals surface area contributed by atoms with Gasteiger partial charge >= 0.3 is 0 Å². The Kier molecular flexibility index (Phi) is 3.74. The Balaban J connectivity index is 1.79. The Labute approximate surface area is 147 Å². The molecule has 2 aromatic carbocycles. The minimum absolute atomic E-state index is 0.0965. The van der Waals surface area contributed by atoms with E-state index in [-0.39, 0.29) is 5.04 Å². The maximum Gasteiger partial charge on any atom is 0.261 e. The molecular formula is C22H28OSi. The van der Waals surface area contributed by atoms with Gasteiger partial charge in [-0.15, -0.1) is 0 Å². The van der Waals surface area contributed by atoms with Crippen LogP contribution in [0.4, 0.5) is 0 Å². The maximum atomic E-state index is 7.05. The Morgan fingerprint density at radius 2 is 1.33 bits per heavy atom. The average Bonchev–Trinajstić information content (AvgIpc) is 2.49. The molecule has 24 heavy (non-hydrogen) atoms. The molecule has 126 valence electrons. The minimum atomic E-state index is -2.32. The molecule has 2 bridgehead atoms. The van der Waals surface area contributed by atoms with Gasteiger partial charge in [0.25, 0.3) is 8.32 Å². The predicted octanol–water partition coefficient (Wildman–Crippen LogP) is 4.36. The first-order valence-electron chi connectivity index (χ1n) is 9.20. The monoisotopic (exact) mass is 336 g/mol. The Bertz CT molecular complexity index is 645. The van der Waals surface area contributed by atoms with Crippen molar-refractivity contribution in [3.05, 3.63) is 60.7 Å². The van der Waals surface area contributed by atoms with Gasteiger partial charge in [-0.25, -0.2) is 0 Å². The first-order chi connectivity index (χ1) is 11.5. The largest absolute Gasteiger partial charge is 0.407 e. The number of rotatable bonds is 5. The molecule has 1 nitrogen and oxygen atoms in total. The zero-order valence-corrected chi connectivity index (χ0v) is 16.1. The maximum absolute atomic E-state index is 7.05. The van der Waals surface area contributed by atoms with Crippen LogP contribution in [0.3, 0.4) is 0 Å². The van der Waals surface area contributed by atoms with Crippen LogP contribution in [0.1, 0.15) is 40.0 Å². The summed E-state index contributed by atoms with van der Waals surface area (Å²) in [7, 11) is -2.32. The molecule has 0 unspecified atom stereocenters. The van der Waals surface area contributed by atoms with Gasteiger partial charge in [-0.05, 0) is 46.0 Å². The Hall–Kier alpha value is -1.38. The van der Waals surface area contributed by atoms with Gasteiger partial charge in [0.1, 0.15) is 0 Å². The van der Waals surface area contributed by atoms with Crippen molar-refractivity contribution in [3.8, 4) is 0 Å². The Morgan fingerprint density at radius 3 is 1.67 bits per heavy atom. The quantitative estimate of drug-likeness (QED) is 0.737. The van der Waals surface area contributed by atoms with Crippen molar-refractivity contribution in [1.82, 2.24) is 0 Å². The van der Waals surface area contributed by atoms with Crippen molar-refractivity contribution < 1.29 is 4.43 Å². The van der Waals surface area contributed by atoms with Gasteiger partial charge in [-0.1, -0.05) is 81.4 Å². The summed E-state index contributed by atoms with van der Waals surface area (Å²) < 4.78 is 7.05. The third-order valence-corrected chi connectivity index (χ3v) is 11.2. The molecule has 0 aliphatic heterocycles. The van der Waals surface area contributed by atoms with Gasteiger partial charge < -0.3 is 4.43 Å². The molecule has 3 saturated carbocycles. The molecule has 0 atom stereocenters. The average molecular weight is 337 g/mol. The van der Waals surface area contributed by atoms with E-state index in [1.54, 1.807) is 0 Å². The lowest BCUT2D eigenvalue weighted by atomic mass is 9.45. The van der Waals surface area contributed by atoms with Crippen LogP contribution in [0.2, 0.25) is 5.04 Å². The molecule has 0 saturated heterocycles. The molecule has 0 spiro atoms. The summed E-state index contributed by atoms with van der Waals surface area (Å²) in [5, 5.41) is 2.89. The van der Waals surface area contributed by atoms with E-state index in [2.05, 4.69) is 81.4 Å². The summed E-state index contributed by atoms with van der Waals surface area (Å²) in [6, 6.07) is 22.0. The third kappa shape index (κ3) is 2.39. The van der Waals surface area contributed by atoms with Crippen molar-refractivity contribution in [2.45, 2.75) is 45.1 Å². The van der Waals surface area contributed by atoms with E-state index in [0.29, 0.717) is 5.41 Å². The standard InChI is InChI=1S/C22H28OSi/c1-21(2,3)24(19-10-6-4-7-11-19,20-12-8-5-9-13-20)23-17-22-14-18(15-22)16-22/h4-13,18H,14-17H2,1-3H3. The zero-order chi connectivity index (χ0) is 16.8. The number of hydrogen-bond donors (Lipinski definition) is 0. The molecule has 0 radical (unpaired) electrons. The molecule has 0 amide bonds. The van der Waals surface area contributed by atoms with E-state index in [0.717, 1.165) is 12.5 Å². The van der Waals surface area contributed by atoms with Crippen LogP contribution >= 0.6 is 0 Å². The van der Waals surface area contributed by atoms with Crippen LogP contribution in [-0.2, 0) is 4.43 Å². The summed E-state index contributed by atoms with van der Waals surface area (Å²) in [4.78, 5) is 0. The van der Waals surface area contributed by atoms with E-state index in [4.69, 9.17) is 4.43 Å².